The number of ether oxygens (including phenoxy) is 3. The number of benzene rings is 2. The SMILES string of the molecule is N#Cc1ccc(OCc2csc(-c3ccc4c(c3)OCO4)n2)c(Cl)c1. The maximum Gasteiger partial charge on any atom is 0.231 e. The van der Waals surface area contributed by atoms with Crippen molar-refractivity contribution in [2.24, 2.45) is 0 Å². The highest BCUT2D eigenvalue weighted by Gasteiger charge is 2.15. The molecule has 3 aromatic rings. The molecule has 0 bridgehead atoms. The standard InChI is InChI=1S/C18H11ClN2O3S/c19-14-5-11(7-20)1-3-15(14)22-8-13-9-25-18(21-13)12-2-4-16-17(6-12)24-10-23-16/h1-6,9H,8,10H2. The van der Waals surface area contributed by atoms with Crippen molar-refractivity contribution in [3.05, 3.63) is 58.1 Å². The maximum atomic E-state index is 8.86. The number of thiazole rings is 1. The first-order chi connectivity index (χ1) is 12.2. The Balaban J connectivity index is 1.48. The van der Waals surface area contributed by atoms with E-state index >= 15 is 0 Å². The molecule has 0 N–H and O–H groups in total. The summed E-state index contributed by atoms with van der Waals surface area (Å²) in [6.45, 7) is 0.549. The summed E-state index contributed by atoms with van der Waals surface area (Å²) in [7, 11) is 0. The van der Waals surface area contributed by atoms with Gasteiger partial charge in [0.25, 0.3) is 0 Å². The minimum atomic E-state index is 0.251. The number of hydrogen-bond acceptors (Lipinski definition) is 6. The minimum Gasteiger partial charge on any atom is -0.486 e. The molecule has 2 aromatic carbocycles. The number of aromatic nitrogens is 1. The molecule has 7 heteroatoms. The average Bonchev–Trinajstić information content (AvgIpc) is 3.29. The van der Waals surface area contributed by atoms with Gasteiger partial charge in [-0.15, -0.1) is 11.3 Å². The van der Waals surface area contributed by atoms with Crippen LogP contribution < -0.4 is 14.2 Å². The van der Waals surface area contributed by atoms with Crippen LogP contribution in [0.1, 0.15) is 11.3 Å². The van der Waals surface area contributed by atoms with E-state index in [0.29, 0.717) is 22.9 Å². The fourth-order valence-electron chi connectivity index (χ4n) is 2.37. The molecule has 5 nitrogen and oxygen atoms in total. The van der Waals surface area contributed by atoms with Crippen LogP contribution in [0.3, 0.4) is 0 Å². The van der Waals surface area contributed by atoms with Gasteiger partial charge in [0.15, 0.2) is 11.5 Å². The molecule has 0 amide bonds. The second kappa shape index (κ2) is 6.63. The van der Waals surface area contributed by atoms with E-state index in [4.69, 9.17) is 31.1 Å². The fourth-order valence-corrected chi connectivity index (χ4v) is 3.41. The van der Waals surface area contributed by atoms with Gasteiger partial charge >= 0.3 is 0 Å². The van der Waals surface area contributed by atoms with Crippen LogP contribution >= 0.6 is 22.9 Å². The van der Waals surface area contributed by atoms with Crippen LogP contribution in [0.2, 0.25) is 5.02 Å². The third-order valence-corrected chi connectivity index (χ3v) is 4.84. The van der Waals surface area contributed by atoms with Gasteiger partial charge in [0, 0.05) is 10.9 Å². The second-order valence-electron chi connectivity index (χ2n) is 5.26. The number of fused-ring (bicyclic) bond motifs is 1. The zero-order valence-corrected chi connectivity index (χ0v) is 14.4. The summed E-state index contributed by atoms with van der Waals surface area (Å²) in [6.07, 6.45) is 0. The van der Waals surface area contributed by atoms with Crippen molar-refractivity contribution in [1.82, 2.24) is 4.98 Å². The van der Waals surface area contributed by atoms with Crippen LogP contribution in [0.4, 0.5) is 0 Å². The Labute approximate surface area is 153 Å². The van der Waals surface area contributed by atoms with Gasteiger partial charge < -0.3 is 14.2 Å². The molecule has 4 rings (SSSR count). The maximum absolute atomic E-state index is 8.86. The zero-order valence-electron chi connectivity index (χ0n) is 12.9. The lowest BCUT2D eigenvalue weighted by Crippen LogP contribution is -1.96. The summed E-state index contributed by atoms with van der Waals surface area (Å²) in [5.41, 5.74) is 2.27. The molecule has 1 aliphatic rings. The van der Waals surface area contributed by atoms with E-state index in [0.717, 1.165) is 27.8 Å². The number of hydrogen-bond donors (Lipinski definition) is 0. The van der Waals surface area contributed by atoms with Crippen LogP contribution in [0.15, 0.2) is 41.8 Å². The van der Waals surface area contributed by atoms with Gasteiger partial charge in [0.05, 0.1) is 22.3 Å². The van der Waals surface area contributed by atoms with Crippen molar-refractivity contribution >= 4 is 22.9 Å². The molecule has 0 unspecified atom stereocenters. The number of nitrogens with zero attached hydrogens (tertiary/aromatic N) is 2. The predicted octanol–water partition coefficient (Wildman–Crippen LogP) is 4.64. The molecule has 0 saturated heterocycles. The van der Waals surface area contributed by atoms with Gasteiger partial charge in [-0.2, -0.15) is 5.26 Å². The predicted molar refractivity (Wildman–Crippen MR) is 94.2 cm³/mol. The third-order valence-electron chi connectivity index (χ3n) is 3.61. The van der Waals surface area contributed by atoms with Crippen LogP contribution in [0, 0.1) is 11.3 Å². The molecule has 0 radical (unpaired) electrons. The fraction of sp³-hybridized carbons (Fsp3) is 0.111. The number of halogens is 1. The molecule has 0 atom stereocenters. The van der Waals surface area contributed by atoms with Crippen LogP contribution in [0.25, 0.3) is 10.6 Å². The van der Waals surface area contributed by atoms with Crippen LogP contribution in [-0.2, 0) is 6.61 Å². The highest BCUT2D eigenvalue weighted by molar-refractivity contribution is 7.13. The van der Waals surface area contributed by atoms with Gasteiger partial charge in [-0.05, 0) is 36.4 Å². The molecule has 0 saturated carbocycles. The molecule has 2 heterocycles. The lowest BCUT2D eigenvalue weighted by atomic mass is 10.2. The number of rotatable bonds is 4. The van der Waals surface area contributed by atoms with E-state index in [1.165, 1.54) is 11.3 Å². The largest absolute Gasteiger partial charge is 0.486 e. The third kappa shape index (κ3) is 3.25. The van der Waals surface area contributed by atoms with Crippen molar-refractivity contribution in [3.8, 4) is 33.9 Å². The van der Waals surface area contributed by atoms with Gasteiger partial charge in [-0.25, -0.2) is 4.98 Å². The molecule has 1 aromatic heterocycles. The zero-order chi connectivity index (χ0) is 17.2. The van der Waals surface area contributed by atoms with Crippen molar-refractivity contribution in [2.45, 2.75) is 6.61 Å². The summed E-state index contributed by atoms with van der Waals surface area (Å²) >= 11 is 7.64. The lowest BCUT2D eigenvalue weighted by Gasteiger charge is -2.06. The molecular weight excluding hydrogens is 360 g/mol. The Hall–Kier alpha value is -2.75. The first-order valence-electron chi connectivity index (χ1n) is 7.40. The van der Waals surface area contributed by atoms with Gasteiger partial charge in [0.2, 0.25) is 6.79 Å². The molecule has 1 aliphatic heterocycles. The second-order valence-corrected chi connectivity index (χ2v) is 6.52. The first kappa shape index (κ1) is 15.8. The highest BCUT2D eigenvalue weighted by Crippen LogP contribution is 2.36. The minimum absolute atomic E-state index is 0.251. The van der Waals surface area contributed by atoms with E-state index in [9.17, 15) is 0 Å². The van der Waals surface area contributed by atoms with E-state index < -0.39 is 0 Å². The van der Waals surface area contributed by atoms with E-state index in [2.05, 4.69) is 4.98 Å². The quantitative estimate of drug-likeness (QED) is 0.669. The summed E-state index contributed by atoms with van der Waals surface area (Å²) in [5.74, 6) is 2.01. The Morgan fingerprint density at radius 3 is 2.92 bits per heavy atom. The van der Waals surface area contributed by atoms with E-state index in [-0.39, 0.29) is 6.79 Å². The van der Waals surface area contributed by atoms with E-state index in [1.54, 1.807) is 18.2 Å². The van der Waals surface area contributed by atoms with Crippen molar-refractivity contribution < 1.29 is 14.2 Å². The normalized spacial score (nSPS) is 12.0. The highest BCUT2D eigenvalue weighted by atomic mass is 35.5. The molecule has 0 fully saturated rings. The monoisotopic (exact) mass is 370 g/mol. The van der Waals surface area contributed by atoms with Crippen molar-refractivity contribution in [3.63, 3.8) is 0 Å². The van der Waals surface area contributed by atoms with Crippen LogP contribution in [-0.4, -0.2) is 11.8 Å². The Kier molecular flexibility index (Phi) is 4.18. The Bertz CT molecular complexity index is 981. The smallest absolute Gasteiger partial charge is 0.231 e. The summed E-state index contributed by atoms with van der Waals surface area (Å²) in [5, 5.41) is 12.1. The van der Waals surface area contributed by atoms with E-state index in [1.807, 2.05) is 29.6 Å². The molecule has 124 valence electrons. The van der Waals surface area contributed by atoms with Crippen LogP contribution in [0.5, 0.6) is 17.2 Å². The van der Waals surface area contributed by atoms with Gasteiger partial charge in [-0.3, -0.25) is 0 Å². The lowest BCUT2D eigenvalue weighted by molar-refractivity contribution is 0.174. The number of nitriles is 1. The van der Waals surface area contributed by atoms with Crippen molar-refractivity contribution in [2.75, 3.05) is 6.79 Å². The Morgan fingerprint density at radius 1 is 1.20 bits per heavy atom. The van der Waals surface area contributed by atoms with Gasteiger partial charge in [0.1, 0.15) is 17.4 Å². The Morgan fingerprint density at radius 2 is 2.08 bits per heavy atom. The summed E-state index contributed by atoms with van der Waals surface area (Å²) in [4.78, 5) is 4.59. The first-order valence-corrected chi connectivity index (χ1v) is 8.65. The summed E-state index contributed by atoms with van der Waals surface area (Å²) < 4.78 is 16.4. The summed E-state index contributed by atoms with van der Waals surface area (Å²) in [6, 6.07) is 12.7. The molecule has 0 aliphatic carbocycles. The van der Waals surface area contributed by atoms with Gasteiger partial charge in [-0.1, -0.05) is 11.6 Å². The average molecular weight is 371 g/mol. The molecule has 0 spiro atoms. The molecule has 25 heavy (non-hydrogen) atoms. The van der Waals surface area contributed by atoms with Crippen molar-refractivity contribution in [1.29, 1.82) is 5.26 Å². The molecular formula is C18H11ClN2O3S. The topological polar surface area (TPSA) is 64.4 Å².